The lowest BCUT2D eigenvalue weighted by atomic mass is 10.1. The number of amides is 3. The zero-order valence-electron chi connectivity index (χ0n) is 18.0. The number of hydrogen-bond acceptors (Lipinski definition) is 4. The van der Waals surface area contributed by atoms with E-state index in [2.05, 4.69) is 16.0 Å². The zero-order valence-corrected chi connectivity index (χ0v) is 19.6. The smallest absolute Gasteiger partial charge is 0.320 e. The van der Waals surface area contributed by atoms with E-state index in [9.17, 15) is 9.59 Å². The molecule has 0 radical (unpaired) electrons. The summed E-state index contributed by atoms with van der Waals surface area (Å²) in [6.45, 7) is 2.80. The van der Waals surface area contributed by atoms with Crippen molar-refractivity contribution in [3.63, 3.8) is 0 Å². The predicted octanol–water partition coefficient (Wildman–Crippen LogP) is 5.79. The number of nitrogens with one attached hydrogen (secondary N) is 4. The molecule has 0 unspecified atom stereocenters. The number of benzene rings is 2. The number of carbonyl (C=O) groups is 2. The lowest BCUT2D eigenvalue weighted by molar-refractivity contribution is -0.118. The summed E-state index contributed by atoms with van der Waals surface area (Å²) in [5.41, 5.74) is 3.15. The Labute approximate surface area is 201 Å². The van der Waals surface area contributed by atoms with Crippen LogP contribution in [0.25, 0.3) is 0 Å². The van der Waals surface area contributed by atoms with Crippen LogP contribution >= 0.6 is 22.9 Å². The third-order valence-electron chi connectivity index (χ3n) is 5.34. The normalized spacial score (nSPS) is 14.1. The largest absolute Gasteiger partial charge is 0.330 e. The molecular formula is C24H24ClN5O2S. The van der Waals surface area contributed by atoms with E-state index in [0.29, 0.717) is 22.2 Å². The Morgan fingerprint density at radius 3 is 2.48 bits per heavy atom. The number of anilines is 3. The molecule has 0 aliphatic carbocycles. The second-order valence-electron chi connectivity index (χ2n) is 7.75. The molecule has 1 saturated heterocycles. The highest BCUT2D eigenvalue weighted by molar-refractivity contribution is 7.10. The number of rotatable bonds is 6. The molecule has 1 fully saturated rings. The van der Waals surface area contributed by atoms with Crippen molar-refractivity contribution in [3.05, 3.63) is 75.4 Å². The summed E-state index contributed by atoms with van der Waals surface area (Å²) < 4.78 is 0. The van der Waals surface area contributed by atoms with Gasteiger partial charge in [-0.25, -0.2) is 4.79 Å². The van der Waals surface area contributed by atoms with Crippen LogP contribution in [0.3, 0.4) is 0 Å². The minimum absolute atomic E-state index is 0.343. The maximum atomic E-state index is 13.1. The molecule has 4 N–H and O–H groups in total. The SMILES string of the molecule is Cc1cc(NC(=O)[C@@H](NC(=O)Nc2ccc(Cl)cc2)c2cccs2)ccc1N1CCCC1=N. The number of carbonyl (C=O) groups excluding carboxylic acids is 2. The monoisotopic (exact) mass is 481 g/mol. The van der Waals surface area contributed by atoms with Crippen molar-refractivity contribution < 1.29 is 9.59 Å². The van der Waals surface area contributed by atoms with Crippen molar-refractivity contribution in [3.8, 4) is 0 Å². The summed E-state index contributed by atoms with van der Waals surface area (Å²) >= 11 is 7.28. The van der Waals surface area contributed by atoms with E-state index in [1.807, 2.05) is 47.5 Å². The zero-order chi connectivity index (χ0) is 23.4. The summed E-state index contributed by atoms with van der Waals surface area (Å²) in [5, 5.41) is 18.9. The lowest BCUT2D eigenvalue weighted by Crippen LogP contribution is -2.39. The molecule has 170 valence electrons. The first-order valence-electron chi connectivity index (χ1n) is 10.5. The number of thiophene rings is 1. The molecule has 7 nitrogen and oxygen atoms in total. The van der Waals surface area contributed by atoms with Gasteiger partial charge in [-0.1, -0.05) is 17.7 Å². The Morgan fingerprint density at radius 2 is 1.85 bits per heavy atom. The van der Waals surface area contributed by atoms with Crippen LogP contribution in [0.5, 0.6) is 0 Å². The van der Waals surface area contributed by atoms with Gasteiger partial charge in [-0.2, -0.15) is 0 Å². The molecule has 4 rings (SSSR count). The van der Waals surface area contributed by atoms with Crippen molar-refractivity contribution in [1.29, 1.82) is 5.41 Å². The first kappa shape index (κ1) is 22.8. The van der Waals surface area contributed by atoms with Crippen LogP contribution in [0, 0.1) is 12.3 Å². The third kappa shape index (κ3) is 5.53. The maximum Gasteiger partial charge on any atom is 0.320 e. The van der Waals surface area contributed by atoms with Crippen LogP contribution < -0.4 is 20.9 Å². The van der Waals surface area contributed by atoms with Gasteiger partial charge in [-0.15, -0.1) is 11.3 Å². The van der Waals surface area contributed by atoms with E-state index in [-0.39, 0.29) is 5.91 Å². The van der Waals surface area contributed by atoms with Gasteiger partial charge in [-0.05, 0) is 72.8 Å². The summed E-state index contributed by atoms with van der Waals surface area (Å²) in [6, 6.07) is 14.7. The van der Waals surface area contributed by atoms with Crippen LogP contribution in [-0.2, 0) is 4.79 Å². The quantitative estimate of drug-likeness (QED) is 0.358. The van der Waals surface area contributed by atoms with Crippen LogP contribution in [0.15, 0.2) is 60.0 Å². The lowest BCUT2D eigenvalue weighted by Gasteiger charge is -2.22. The van der Waals surface area contributed by atoms with Gasteiger partial charge < -0.3 is 20.9 Å². The molecule has 33 heavy (non-hydrogen) atoms. The van der Waals surface area contributed by atoms with Crippen molar-refractivity contribution in [2.75, 3.05) is 22.1 Å². The van der Waals surface area contributed by atoms with Gasteiger partial charge in [0.25, 0.3) is 5.91 Å². The van der Waals surface area contributed by atoms with Gasteiger partial charge in [0.05, 0.1) is 0 Å². The predicted molar refractivity (Wildman–Crippen MR) is 135 cm³/mol. The van der Waals surface area contributed by atoms with Gasteiger partial charge in [0.2, 0.25) is 0 Å². The molecule has 0 bridgehead atoms. The Bertz CT molecular complexity index is 1160. The second kappa shape index (κ2) is 10.1. The average molecular weight is 482 g/mol. The summed E-state index contributed by atoms with van der Waals surface area (Å²) in [6.07, 6.45) is 1.76. The third-order valence-corrected chi connectivity index (χ3v) is 6.53. The minimum atomic E-state index is -0.857. The molecule has 1 aliphatic rings. The Balaban J connectivity index is 1.47. The van der Waals surface area contributed by atoms with Crippen molar-refractivity contribution in [2.45, 2.75) is 25.8 Å². The summed E-state index contributed by atoms with van der Waals surface area (Å²) in [7, 11) is 0. The molecular weight excluding hydrogens is 458 g/mol. The van der Waals surface area contributed by atoms with Gasteiger partial charge >= 0.3 is 6.03 Å². The molecule has 3 amide bonds. The average Bonchev–Trinajstić information content (AvgIpc) is 3.46. The fraction of sp³-hybridized carbons (Fsp3) is 0.208. The number of nitrogens with zero attached hydrogens (tertiary/aromatic N) is 1. The first-order valence-corrected chi connectivity index (χ1v) is 11.8. The van der Waals surface area contributed by atoms with E-state index >= 15 is 0 Å². The molecule has 0 spiro atoms. The molecule has 0 saturated carbocycles. The fourth-order valence-corrected chi connectivity index (χ4v) is 4.64. The standard InChI is InChI=1S/C24H24ClN5O2S/c1-15-14-18(10-11-19(15)30-12-2-5-21(30)26)27-23(31)22(20-4-3-13-33-20)29-24(32)28-17-8-6-16(25)7-9-17/h3-4,6-11,13-14,22,26H,2,5,12H2,1H3,(H,27,31)(H2,28,29,32)/t22-/m0/s1. The van der Waals surface area contributed by atoms with Crippen molar-refractivity contribution >= 4 is 57.8 Å². The van der Waals surface area contributed by atoms with Crippen LogP contribution in [0.1, 0.15) is 29.3 Å². The Hall–Kier alpha value is -3.36. The van der Waals surface area contributed by atoms with Gasteiger partial charge in [-0.3, -0.25) is 10.2 Å². The number of halogens is 1. The topological polar surface area (TPSA) is 97.3 Å². The van der Waals surface area contributed by atoms with Crippen LogP contribution in [0.2, 0.25) is 5.02 Å². The fourth-order valence-electron chi connectivity index (χ4n) is 3.74. The van der Waals surface area contributed by atoms with Gasteiger partial charge in [0.15, 0.2) is 0 Å². The van der Waals surface area contributed by atoms with E-state index < -0.39 is 12.1 Å². The first-order chi connectivity index (χ1) is 15.9. The van der Waals surface area contributed by atoms with E-state index in [1.165, 1.54) is 11.3 Å². The Morgan fingerprint density at radius 1 is 1.09 bits per heavy atom. The highest BCUT2D eigenvalue weighted by atomic mass is 35.5. The molecule has 1 atom stereocenters. The van der Waals surface area contributed by atoms with E-state index in [1.54, 1.807) is 24.3 Å². The van der Waals surface area contributed by atoms with Crippen molar-refractivity contribution in [2.24, 2.45) is 0 Å². The number of amidine groups is 1. The van der Waals surface area contributed by atoms with Gasteiger partial charge in [0.1, 0.15) is 11.9 Å². The molecule has 9 heteroatoms. The van der Waals surface area contributed by atoms with Gasteiger partial charge in [0, 0.05) is 39.9 Å². The summed E-state index contributed by atoms with van der Waals surface area (Å²) in [5.74, 6) is 0.272. The molecule has 1 aromatic heterocycles. The van der Waals surface area contributed by atoms with Crippen LogP contribution in [-0.4, -0.2) is 24.3 Å². The molecule has 2 aromatic carbocycles. The number of hydrogen-bond donors (Lipinski definition) is 4. The Kier molecular flexibility index (Phi) is 6.96. The second-order valence-corrected chi connectivity index (χ2v) is 9.16. The molecule has 3 aromatic rings. The van der Waals surface area contributed by atoms with Crippen molar-refractivity contribution in [1.82, 2.24) is 5.32 Å². The molecule has 1 aliphatic heterocycles. The highest BCUT2D eigenvalue weighted by Crippen LogP contribution is 2.28. The van der Waals surface area contributed by atoms with E-state index in [4.69, 9.17) is 17.0 Å². The van der Waals surface area contributed by atoms with Crippen LogP contribution in [0.4, 0.5) is 21.9 Å². The summed E-state index contributed by atoms with van der Waals surface area (Å²) in [4.78, 5) is 28.4. The minimum Gasteiger partial charge on any atom is -0.330 e. The number of aryl methyl sites for hydroxylation is 1. The number of urea groups is 1. The highest BCUT2D eigenvalue weighted by Gasteiger charge is 2.25. The molecule has 2 heterocycles. The van der Waals surface area contributed by atoms with E-state index in [0.717, 1.165) is 35.5 Å². The maximum absolute atomic E-state index is 13.1.